The summed E-state index contributed by atoms with van der Waals surface area (Å²) in [7, 11) is 1.63. The smallest absolute Gasteiger partial charge is 0.135 e. The van der Waals surface area contributed by atoms with E-state index in [2.05, 4.69) is 18.8 Å². The summed E-state index contributed by atoms with van der Waals surface area (Å²) in [6, 6.07) is 5.58. The Bertz CT molecular complexity index is 391. The van der Waals surface area contributed by atoms with E-state index in [1.807, 2.05) is 18.2 Å². The highest BCUT2D eigenvalue weighted by molar-refractivity contribution is 6.19. The van der Waals surface area contributed by atoms with Gasteiger partial charge in [0.25, 0.3) is 0 Å². The van der Waals surface area contributed by atoms with E-state index >= 15 is 0 Å². The van der Waals surface area contributed by atoms with Crippen LogP contribution >= 0.6 is 11.6 Å². The highest BCUT2D eigenvalue weighted by atomic mass is 35.5. The largest absolute Gasteiger partial charge is 0.497 e. The fourth-order valence-corrected chi connectivity index (χ4v) is 1.27. The van der Waals surface area contributed by atoms with Crippen molar-refractivity contribution in [3.05, 3.63) is 23.8 Å². The van der Waals surface area contributed by atoms with Gasteiger partial charge in [-0.1, -0.05) is 18.8 Å². The highest BCUT2D eigenvalue weighted by Gasteiger charge is 2.03. The number of halogens is 1. The van der Waals surface area contributed by atoms with Crippen LogP contribution in [0.1, 0.15) is 18.9 Å². The van der Waals surface area contributed by atoms with Crippen molar-refractivity contribution in [2.45, 2.75) is 13.3 Å². The molecule has 1 aromatic carbocycles. The van der Waals surface area contributed by atoms with Crippen LogP contribution in [0.15, 0.2) is 18.2 Å². The quantitative estimate of drug-likeness (QED) is 0.593. The van der Waals surface area contributed by atoms with E-state index in [9.17, 15) is 0 Å². The van der Waals surface area contributed by atoms with Gasteiger partial charge in [-0.2, -0.15) is 0 Å². The summed E-state index contributed by atoms with van der Waals surface area (Å²) >= 11 is 5.54. The Balaban J connectivity index is 2.96. The molecule has 0 spiro atoms. The van der Waals surface area contributed by atoms with Gasteiger partial charge in [0.2, 0.25) is 0 Å². The van der Waals surface area contributed by atoms with Gasteiger partial charge in [0.05, 0.1) is 25.2 Å². The Morgan fingerprint density at radius 3 is 2.81 bits per heavy atom. The van der Waals surface area contributed by atoms with Gasteiger partial charge in [0, 0.05) is 0 Å². The van der Waals surface area contributed by atoms with Crippen LogP contribution in [0.4, 0.5) is 0 Å². The molecule has 0 unspecified atom stereocenters. The summed E-state index contributed by atoms with van der Waals surface area (Å²) in [4.78, 5) is 0. The molecule has 1 rings (SSSR count). The van der Waals surface area contributed by atoms with Crippen LogP contribution in [0.2, 0.25) is 0 Å². The number of benzene rings is 1. The lowest BCUT2D eigenvalue weighted by molar-refractivity contribution is 0.315. The van der Waals surface area contributed by atoms with E-state index in [4.69, 9.17) is 21.1 Å². The third-order valence-corrected chi connectivity index (χ3v) is 2.07. The molecule has 86 valence electrons. The molecule has 0 aliphatic rings. The molecule has 0 N–H and O–H groups in total. The molecular formula is C13H15ClO2. The highest BCUT2D eigenvalue weighted by Crippen LogP contribution is 2.23. The lowest BCUT2D eigenvalue weighted by Crippen LogP contribution is -1.97. The van der Waals surface area contributed by atoms with Crippen molar-refractivity contribution < 1.29 is 9.47 Å². The molecule has 0 fully saturated rings. The minimum absolute atomic E-state index is 0.310. The number of hydrogen-bond donors (Lipinski definition) is 0. The topological polar surface area (TPSA) is 18.5 Å². The van der Waals surface area contributed by atoms with Crippen molar-refractivity contribution in [3.63, 3.8) is 0 Å². The van der Waals surface area contributed by atoms with E-state index in [1.54, 1.807) is 7.11 Å². The molecule has 0 saturated heterocycles. The lowest BCUT2D eigenvalue weighted by Gasteiger charge is -2.08. The minimum Gasteiger partial charge on any atom is -0.497 e. The van der Waals surface area contributed by atoms with E-state index in [-0.39, 0.29) is 0 Å². The van der Waals surface area contributed by atoms with E-state index in [0.717, 1.165) is 23.5 Å². The molecule has 0 atom stereocenters. The average Bonchev–Trinajstić information content (AvgIpc) is 2.34. The van der Waals surface area contributed by atoms with Crippen molar-refractivity contribution >= 4 is 11.6 Å². The Morgan fingerprint density at radius 1 is 1.38 bits per heavy atom. The minimum atomic E-state index is 0.310. The first-order valence-electron chi connectivity index (χ1n) is 5.17. The van der Waals surface area contributed by atoms with Crippen molar-refractivity contribution in [1.82, 2.24) is 0 Å². The summed E-state index contributed by atoms with van der Waals surface area (Å²) in [6.07, 6.45) is 0.967. The Morgan fingerprint density at radius 2 is 2.19 bits per heavy atom. The lowest BCUT2D eigenvalue weighted by atomic mass is 10.2. The van der Waals surface area contributed by atoms with Gasteiger partial charge in [0.15, 0.2) is 0 Å². The molecular weight excluding hydrogens is 224 g/mol. The molecule has 0 aromatic heterocycles. The Labute approximate surface area is 102 Å². The molecule has 0 aliphatic heterocycles. The maximum atomic E-state index is 5.58. The van der Waals surface area contributed by atoms with Crippen LogP contribution in [0.3, 0.4) is 0 Å². The SMILES string of the molecule is CCCOc1ccc(OC)cc1C#CCCl. The van der Waals surface area contributed by atoms with Gasteiger partial charge < -0.3 is 9.47 Å². The first-order chi connectivity index (χ1) is 7.81. The Kier molecular flexibility index (Phi) is 5.60. The van der Waals surface area contributed by atoms with E-state index in [0.29, 0.717) is 12.5 Å². The monoisotopic (exact) mass is 238 g/mol. The molecule has 2 nitrogen and oxygen atoms in total. The summed E-state index contributed by atoms with van der Waals surface area (Å²) in [5.41, 5.74) is 0.813. The first kappa shape index (κ1) is 12.7. The number of rotatable bonds is 4. The zero-order valence-corrected chi connectivity index (χ0v) is 10.3. The standard InChI is InChI=1S/C13H15ClO2/c1-3-9-16-13-7-6-12(15-2)10-11(13)5-4-8-14/h6-7,10H,3,8-9H2,1-2H3. The molecule has 0 radical (unpaired) electrons. The maximum Gasteiger partial charge on any atom is 0.135 e. The summed E-state index contributed by atoms with van der Waals surface area (Å²) in [6.45, 7) is 2.75. The van der Waals surface area contributed by atoms with Crippen LogP contribution < -0.4 is 9.47 Å². The zero-order chi connectivity index (χ0) is 11.8. The molecule has 3 heteroatoms. The van der Waals surface area contributed by atoms with Crippen LogP contribution in [0.25, 0.3) is 0 Å². The summed E-state index contributed by atoms with van der Waals surface area (Å²) in [5.74, 6) is 7.63. The molecule has 16 heavy (non-hydrogen) atoms. The van der Waals surface area contributed by atoms with E-state index < -0.39 is 0 Å². The Hall–Kier alpha value is -1.33. The van der Waals surface area contributed by atoms with Crippen molar-refractivity contribution in [2.75, 3.05) is 19.6 Å². The fraction of sp³-hybridized carbons (Fsp3) is 0.385. The van der Waals surface area contributed by atoms with Crippen molar-refractivity contribution in [2.24, 2.45) is 0 Å². The fourth-order valence-electron chi connectivity index (χ4n) is 1.20. The number of alkyl halides is 1. The third kappa shape index (κ3) is 3.67. The second-order valence-corrected chi connectivity index (χ2v) is 3.41. The van der Waals surface area contributed by atoms with Crippen LogP contribution in [0.5, 0.6) is 11.5 Å². The third-order valence-electron chi connectivity index (χ3n) is 1.94. The molecule has 1 aromatic rings. The second kappa shape index (κ2) is 7.03. The molecule has 0 heterocycles. The number of methoxy groups -OCH3 is 1. The van der Waals surface area contributed by atoms with Crippen molar-refractivity contribution in [3.8, 4) is 23.3 Å². The molecule has 0 saturated carbocycles. The summed E-state index contributed by atoms with van der Waals surface area (Å²) < 4.78 is 10.7. The second-order valence-electron chi connectivity index (χ2n) is 3.15. The number of hydrogen-bond acceptors (Lipinski definition) is 2. The van der Waals surface area contributed by atoms with Gasteiger partial charge in [-0.25, -0.2) is 0 Å². The number of ether oxygens (including phenoxy) is 2. The van der Waals surface area contributed by atoms with Gasteiger partial charge in [0.1, 0.15) is 11.5 Å². The normalized spacial score (nSPS) is 9.19. The van der Waals surface area contributed by atoms with E-state index in [1.165, 1.54) is 0 Å². The van der Waals surface area contributed by atoms with Gasteiger partial charge in [-0.3, -0.25) is 0 Å². The average molecular weight is 239 g/mol. The maximum absolute atomic E-state index is 5.58. The van der Waals surface area contributed by atoms with Gasteiger partial charge in [-0.15, -0.1) is 11.6 Å². The predicted molar refractivity (Wildman–Crippen MR) is 66.4 cm³/mol. The van der Waals surface area contributed by atoms with Crippen LogP contribution in [-0.2, 0) is 0 Å². The first-order valence-corrected chi connectivity index (χ1v) is 5.71. The van der Waals surface area contributed by atoms with Crippen LogP contribution in [0, 0.1) is 11.8 Å². The molecule has 0 amide bonds. The van der Waals surface area contributed by atoms with Crippen LogP contribution in [-0.4, -0.2) is 19.6 Å². The molecule has 0 aliphatic carbocycles. The zero-order valence-electron chi connectivity index (χ0n) is 9.55. The predicted octanol–water partition coefficient (Wildman–Crippen LogP) is 3.07. The van der Waals surface area contributed by atoms with Crippen molar-refractivity contribution in [1.29, 1.82) is 0 Å². The molecule has 0 bridgehead atoms. The summed E-state index contributed by atoms with van der Waals surface area (Å²) in [5, 5.41) is 0. The van der Waals surface area contributed by atoms with Gasteiger partial charge >= 0.3 is 0 Å². The van der Waals surface area contributed by atoms with Gasteiger partial charge in [-0.05, 0) is 24.6 Å².